The Labute approximate surface area is 145 Å². The van der Waals surface area contributed by atoms with Gasteiger partial charge in [-0.3, -0.25) is 14.8 Å². The number of aromatic nitrogens is 2. The molecule has 0 bridgehead atoms. The largest absolute Gasteiger partial charge is 0.337 e. The van der Waals surface area contributed by atoms with Crippen molar-refractivity contribution in [2.75, 3.05) is 13.1 Å². The molecule has 5 heteroatoms. The van der Waals surface area contributed by atoms with Crippen molar-refractivity contribution < 1.29 is 4.79 Å². The molecule has 4 rings (SSSR count). The molecule has 0 saturated carbocycles. The molecular formula is C19H19N3OS. The summed E-state index contributed by atoms with van der Waals surface area (Å²) in [5, 5.41) is 1.14. The zero-order valence-electron chi connectivity index (χ0n) is 13.6. The molecule has 1 unspecified atom stereocenters. The zero-order valence-corrected chi connectivity index (χ0v) is 14.4. The van der Waals surface area contributed by atoms with Crippen LogP contribution in [0.1, 0.15) is 39.8 Å². The number of amides is 1. The Bertz CT molecular complexity index is 856. The number of carbonyl (C=O) groups is 1. The molecule has 4 nitrogen and oxygen atoms in total. The van der Waals surface area contributed by atoms with Crippen molar-refractivity contribution in [2.45, 2.75) is 25.7 Å². The van der Waals surface area contributed by atoms with Crippen LogP contribution < -0.4 is 0 Å². The Morgan fingerprint density at radius 2 is 2.17 bits per heavy atom. The number of nitrogens with zero attached hydrogens (tertiary/aromatic N) is 3. The van der Waals surface area contributed by atoms with Gasteiger partial charge in [0.05, 0.1) is 16.3 Å². The van der Waals surface area contributed by atoms with E-state index in [4.69, 9.17) is 0 Å². The second-order valence-corrected chi connectivity index (χ2v) is 7.41. The van der Waals surface area contributed by atoms with Gasteiger partial charge in [0, 0.05) is 36.1 Å². The highest BCUT2D eigenvalue weighted by atomic mass is 32.1. The number of carbonyl (C=O) groups excluding carboxylic acids is 1. The summed E-state index contributed by atoms with van der Waals surface area (Å²) in [6.07, 6.45) is 5.68. The zero-order chi connectivity index (χ0) is 16.5. The van der Waals surface area contributed by atoms with Gasteiger partial charge in [-0.25, -0.2) is 0 Å². The van der Waals surface area contributed by atoms with E-state index in [-0.39, 0.29) is 11.8 Å². The van der Waals surface area contributed by atoms with E-state index in [0.717, 1.165) is 47.6 Å². The molecule has 1 aromatic carbocycles. The van der Waals surface area contributed by atoms with Gasteiger partial charge in [-0.05, 0) is 37.3 Å². The summed E-state index contributed by atoms with van der Waals surface area (Å²) in [5.74, 6) is 0.422. The van der Waals surface area contributed by atoms with Gasteiger partial charge in [0.1, 0.15) is 0 Å². The van der Waals surface area contributed by atoms with Crippen LogP contribution in [-0.4, -0.2) is 33.9 Å². The molecule has 1 atom stereocenters. The third-order valence-electron chi connectivity index (χ3n) is 4.54. The molecule has 1 fully saturated rings. The number of rotatable bonds is 2. The highest BCUT2D eigenvalue weighted by Crippen LogP contribution is 2.30. The number of piperidine rings is 1. The minimum absolute atomic E-state index is 0.140. The highest BCUT2D eigenvalue weighted by Gasteiger charge is 2.27. The normalized spacial score (nSPS) is 18.0. The molecule has 0 radical (unpaired) electrons. The van der Waals surface area contributed by atoms with E-state index in [9.17, 15) is 4.79 Å². The van der Waals surface area contributed by atoms with Gasteiger partial charge in [0.25, 0.3) is 5.91 Å². The highest BCUT2D eigenvalue weighted by molar-refractivity contribution is 7.20. The van der Waals surface area contributed by atoms with Crippen LogP contribution in [0.4, 0.5) is 0 Å². The van der Waals surface area contributed by atoms with Crippen LogP contribution in [0, 0.1) is 6.92 Å². The minimum Gasteiger partial charge on any atom is -0.337 e. The Morgan fingerprint density at radius 3 is 3.00 bits per heavy atom. The first-order valence-electron chi connectivity index (χ1n) is 8.27. The third kappa shape index (κ3) is 2.91. The standard InChI is InChI=1S/C19H19N3OS/c1-13-10-20-11-16(21-13)15-6-4-8-22(12-15)19(23)18-9-14-5-2-3-7-17(14)24-18/h2-3,5,7,9-11,15H,4,6,8,12H2,1H3. The minimum atomic E-state index is 0.140. The molecule has 2 aromatic heterocycles. The van der Waals surface area contributed by atoms with Crippen molar-refractivity contribution in [3.8, 4) is 0 Å². The SMILES string of the molecule is Cc1cncc(C2CCCN(C(=O)c3cc4ccccc4s3)C2)n1. The third-order valence-corrected chi connectivity index (χ3v) is 5.64. The number of thiophene rings is 1. The van der Waals surface area contributed by atoms with Crippen LogP contribution >= 0.6 is 11.3 Å². The van der Waals surface area contributed by atoms with Crippen molar-refractivity contribution in [1.82, 2.24) is 14.9 Å². The molecule has 24 heavy (non-hydrogen) atoms. The Balaban J connectivity index is 1.56. The van der Waals surface area contributed by atoms with Crippen LogP contribution in [0.15, 0.2) is 42.7 Å². The molecular weight excluding hydrogens is 318 g/mol. The van der Waals surface area contributed by atoms with E-state index in [0.29, 0.717) is 0 Å². The van der Waals surface area contributed by atoms with Crippen LogP contribution in [0.2, 0.25) is 0 Å². The second kappa shape index (κ2) is 6.32. The maximum atomic E-state index is 12.9. The first-order valence-corrected chi connectivity index (χ1v) is 9.09. The van der Waals surface area contributed by atoms with Gasteiger partial charge in [-0.15, -0.1) is 11.3 Å². The fraction of sp³-hybridized carbons (Fsp3) is 0.316. The van der Waals surface area contributed by atoms with Gasteiger partial charge in [-0.2, -0.15) is 0 Å². The molecule has 3 heterocycles. The number of benzene rings is 1. The number of likely N-dealkylation sites (tertiary alicyclic amines) is 1. The summed E-state index contributed by atoms with van der Waals surface area (Å²) in [4.78, 5) is 24.6. The van der Waals surface area contributed by atoms with Crippen molar-refractivity contribution in [1.29, 1.82) is 0 Å². The smallest absolute Gasteiger partial charge is 0.263 e. The van der Waals surface area contributed by atoms with Crippen LogP contribution in [-0.2, 0) is 0 Å². The number of fused-ring (bicyclic) bond motifs is 1. The first kappa shape index (κ1) is 15.3. The van der Waals surface area contributed by atoms with Crippen LogP contribution in [0.3, 0.4) is 0 Å². The lowest BCUT2D eigenvalue weighted by Crippen LogP contribution is -2.39. The molecule has 0 spiro atoms. The van der Waals surface area contributed by atoms with E-state index < -0.39 is 0 Å². The number of hydrogen-bond donors (Lipinski definition) is 0. The van der Waals surface area contributed by atoms with E-state index in [1.54, 1.807) is 17.5 Å². The van der Waals surface area contributed by atoms with E-state index in [1.165, 1.54) is 4.70 Å². The molecule has 1 aliphatic rings. The van der Waals surface area contributed by atoms with Crippen molar-refractivity contribution in [3.05, 3.63) is 59.0 Å². The van der Waals surface area contributed by atoms with Gasteiger partial charge in [0.2, 0.25) is 0 Å². The van der Waals surface area contributed by atoms with E-state index in [2.05, 4.69) is 22.1 Å². The Kier molecular flexibility index (Phi) is 4.02. The van der Waals surface area contributed by atoms with Crippen molar-refractivity contribution in [3.63, 3.8) is 0 Å². The summed E-state index contributed by atoms with van der Waals surface area (Å²) in [6.45, 7) is 3.51. The van der Waals surface area contributed by atoms with Crippen LogP contribution in [0.5, 0.6) is 0 Å². The lowest BCUT2D eigenvalue weighted by Gasteiger charge is -2.32. The van der Waals surface area contributed by atoms with Gasteiger partial charge < -0.3 is 4.90 Å². The predicted octanol–water partition coefficient (Wildman–Crippen LogP) is 4.02. The summed E-state index contributed by atoms with van der Waals surface area (Å²) < 4.78 is 1.17. The maximum absolute atomic E-state index is 12.9. The number of aryl methyl sites for hydroxylation is 1. The molecule has 122 valence electrons. The maximum Gasteiger partial charge on any atom is 0.263 e. The average Bonchev–Trinajstić information content (AvgIpc) is 3.05. The topological polar surface area (TPSA) is 46.1 Å². The molecule has 0 N–H and O–H groups in total. The average molecular weight is 337 g/mol. The fourth-order valence-corrected chi connectivity index (χ4v) is 4.36. The lowest BCUT2D eigenvalue weighted by molar-refractivity contribution is 0.0711. The number of hydrogen-bond acceptors (Lipinski definition) is 4. The van der Waals surface area contributed by atoms with Gasteiger partial charge in [0.15, 0.2) is 0 Å². The van der Waals surface area contributed by atoms with Gasteiger partial charge in [-0.1, -0.05) is 18.2 Å². The predicted molar refractivity (Wildman–Crippen MR) is 96.5 cm³/mol. The summed E-state index contributed by atoms with van der Waals surface area (Å²) in [6, 6.07) is 10.2. The Morgan fingerprint density at radius 1 is 1.29 bits per heavy atom. The van der Waals surface area contributed by atoms with E-state index in [1.807, 2.05) is 36.2 Å². The van der Waals surface area contributed by atoms with Crippen LogP contribution in [0.25, 0.3) is 10.1 Å². The summed E-state index contributed by atoms with van der Waals surface area (Å²) in [7, 11) is 0. The quantitative estimate of drug-likeness (QED) is 0.709. The molecule has 1 aliphatic heterocycles. The van der Waals surface area contributed by atoms with Crippen molar-refractivity contribution in [2.24, 2.45) is 0 Å². The first-order chi connectivity index (χ1) is 11.7. The molecule has 1 saturated heterocycles. The summed E-state index contributed by atoms with van der Waals surface area (Å²) in [5.41, 5.74) is 1.93. The lowest BCUT2D eigenvalue weighted by atomic mass is 9.95. The molecule has 0 aliphatic carbocycles. The Hall–Kier alpha value is -2.27. The molecule has 1 amide bonds. The fourth-order valence-electron chi connectivity index (χ4n) is 3.33. The molecule has 3 aromatic rings. The second-order valence-electron chi connectivity index (χ2n) is 6.32. The van der Waals surface area contributed by atoms with Gasteiger partial charge >= 0.3 is 0 Å². The van der Waals surface area contributed by atoms with E-state index >= 15 is 0 Å². The summed E-state index contributed by atoms with van der Waals surface area (Å²) >= 11 is 1.58. The van der Waals surface area contributed by atoms with Crippen molar-refractivity contribution >= 4 is 27.3 Å². The monoisotopic (exact) mass is 337 g/mol.